The van der Waals surface area contributed by atoms with Crippen molar-refractivity contribution < 1.29 is 24.2 Å². The first-order valence-corrected chi connectivity index (χ1v) is 10.2. The molecular weight excluding hydrogens is 426 g/mol. The monoisotopic (exact) mass is 449 g/mol. The lowest BCUT2D eigenvalue weighted by molar-refractivity contribution is -0.378. The molecule has 0 unspecified atom stereocenters. The van der Waals surface area contributed by atoms with Gasteiger partial charge >= 0.3 is 5.91 Å². The van der Waals surface area contributed by atoms with Gasteiger partial charge in [0.1, 0.15) is 11.8 Å². The van der Waals surface area contributed by atoms with Crippen LogP contribution >= 0.6 is 0 Å². The highest BCUT2D eigenvalue weighted by atomic mass is 17.3. The van der Waals surface area contributed by atoms with Gasteiger partial charge in [-0.3, -0.25) is 9.59 Å². The molecule has 1 heterocycles. The number of hydrogen-bond donors (Lipinski definition) is 0. The Balaban J connectivity index is 1.71. The highest BCUT2D eigenvalue weighted by Gasteiger charge is 2.34. The Morgan fingerprint density at radius 3 is 2.18 bits per heavy atom. The van der Waals surface area contributed by atoms with Crippen molar-refractivity contribution in [1.29, 1.82) is 0 Å². The van der Waals surface area contributed by atoms with Crippen LogP contribution in [-0.2, 0) is 24.2 Å². The first-order chi connectivity index (χ1) is 16.1. The van der Waals surface area contributed by atoms with Gasteiger partial charge in [-0.15, -0.1) is 0 Å². The maximum atomic E-state index is 12.4. The molecule has 0 N–H and O–H groups in total. The molecule has 1 amide bonds. The summed E-state index contributed by atoms with van der Waals surface area (Å²) >= 11 is 0. The zero-order valence-electron chi connectivity index (χ0n) is 18.2. The van der Waals surface area contributed by atoms with Crippen LogP contribution < -0.4 is 4.90 Å². The number of hydrazone groups is 1. The van der Waals surface area contributed by atoms with Gasteiger partial charge in [-0.25, -0.2) is 0 Å². The fourth-order valence-corrected chi connectivity index (χ4v) is 2.99. The van der Waals surface area contributed by atoms with Gasteiger partial charge in [0.05, 0.1) is 11.4 Å². The Morgan fingerprint density at radius 1 is 1.03 bits per heavy atom. The Labute approximate surface area is 190 Å². The van der Waals surface area contributed by atoms with Gasteiger partial charge in [0.2, 0.25) is 0 Å². The Morgan fingerprint density at radius 2 is 1.64 bits per heavy atom. The third-order valence-electron chi connectivity index (χ3n) is 4.62. The van der Waals surface area contributed by atoms with E-state index in [1.165, 1.54) is 6.08 Å². The van der Waals surface area contributed by atoms with E-state index >= 15 is 0 Å². The van der Waals surface area contributed by atoms with Crippen LogP contribution in [0.3, 0.4) is 0 Å². The maximum Gasteiger partial charge on any atom is 0.309 e. The van der Waals surface area contributed by atoms with E-state index in [2.05, 4.69) is 50.5 Å². The topological polar surface area (TPSA) is 105 Å². The number of benzene rings is 2. The molecule has 0 spiro atoms. The van der Waals surface area contributed by atoms with E-state index < -0.39 is 5.91 Å². The van der Waals surface area contributed by atoms with E-state index in [-0.39, 0.29) is 17.9 Å². The first kappa shape index (κ1) is 23.4. The molecular formula is C23H23N5O5. The summed E-state index contributed by atoms with van der Waals surface area (Å²) in [5.41, 5.74) is 3.17. The second-order valence-corrected chi connectivity index (χ2v) is 6.57. The zero-order valence-corrected chi connectivity index (χ0v) is 18.2. The zero-order chi connectivity index (χ0) is 23.6. The summed E-state index contributed by atoms with van der Waals surface area (Å²) in [4.78, 5) is 34.5. The lowest BCUT2D eigenvalue weighted by Gasteiger charge is -2.20. The number of amides is 1. The van der Waals surface area contributed by atoms with Gasteiger partial charge in [0, 0.05) is 18.8 Å². The molecule has 0 atom stereocenters. The summed E-state index contributed by atoms with van der Waals surface area (Å²) in [5, 5.41) is 12.8. The van der Waals surface area contributed by atoms with Crippen LogP contribution in [0.5, 0.6) is 0 Å². The van der Waals surface area contributed by atoms with E-state index in [1.807, 2.05) is 24.3 Å². The van der Waals surface area contributed by atoms with Crippen LogP contribution in [0.25, 0.3) is 6.08 Å². The summed E-state index contributed by atoms with van der Waals surface area (Å²) in [6, 6.07) is 14.8. The fraction of sp³-hybridized carbons (Fsp3) is 0.174. The molecule has 1 aliphatic heterocycles. The average molecular weight is 449 g/mol. The molecule has 3 rings (SSSR count). The minimum absolute atomic E-state index is 0.0115. The molecule has 2 aromatic carbocycles. The predicted molar refractivity (Wildman–Crippen MR) is 122 cm³/mol. The number of carbonyl (C=O) groups is 2. The van der Waals surface area contributed by atoms with Gasteiger partial charge < -0.3 is 14.5 Å². The van der Waals surface area contributed by atoms with E-state index in [0.29, 0.717) is 16.4 Å². The van der Waals surface area contributed by atoms with Crippen molar-refractivity contribution >= 4 is 41.4 Å². The summed E-state index contributed by atoms with van der Waals surface area (Å²) < 4.78 is 4.76. The molecule has 0 saturated heterocycles. The molecule has 1 aliphatic rings. The van der Waals surface area contributed by atoms with Gasteiger partial charge in [0.15, 0.2) is 0 Å². The first-order valence-electron chi connectivity index (χ1n) is 10.2. The summed E-state index contributed by atoms with van der Waals surface area (Å²) in [5.74, 6) is -0.898. The number of nitrogens with zero attached hydrogens (tertiary/aromatic N) is 5. The third kappa shape index (κ3) is 5.89. The summed E-state index contributed by atoms with van der Waals surface area (Å²) in [7, 11) is 0. The van der Waals surface area contributed by atoms with E-state index in [1.54, 1.807) is 24.3 Å². The van der Waals surface area contributed by atoms with E-state index in [0.717, 1.165) is 30.7 Å². The van der Waals surface area contributed by atoms with E-state index in [4.69, 9.17) is 4.74 Å². The fourth-order valence-electron chi connectivity index (χ4n) is 2.99. The quantitative estimate of drug-likeness (QED) is 0.130. The Hall–Kier alpha value is -4.31. The Bertz CT molecular complexity index is 1070. The van der Waals surface area contributed by atoms with Gasteiger partial charge in [-0.2, -0.15) is 10.2 Å². The van der Waals surface area contributed by atoms with Gasteiger partial charge in [0.25, 0.3) is 12.4 Å². The van der Waals surface area contributed by atoms with Crippen molar-refractivity contribution in [3.05, 3.63) is 72.5 Å². The summed E-state index contributed by atoms with van der Waals surface area (Å²) in [6.07, 6.45) is 2.46. The second kappa shape index (κ2) is 11.3. The van der Waals surface area contributed by atoms with Crippen LogP contribution in [0, 0.1) is 0 Å². The number of hydrogen-bond acceptors (Lipinski definition) is 9. The molecule has 10 heteroatoms. The highest BCUT2D eigenvalue weighted by Crippen LogP contribution is 2.24. The molecule has 0 saturated carbocycles. The molecule has 170 valence electrons. The minimum atomic E-state index is -0.675. The lowest BCUT2D eigenvalue weighted by atomic mass is 10.1. The van der Waals surface area contributed by atoms with Crippen molar-refractivity contribution in [2.24, 2.45) is 15.3 Å². The van der Waals surface area contributed by atoms with Crippen LogP contribution in [0.4, 0.5) is 17.1 Å². The number of hydroxylamine groups is 1. The third-order valence-corrected chi connectivity index (χ3v) is 4.62. The molecule has 0 aromatic heterocycles. The molecule has 33 heavy (non-hydrogen) atoms. The number of azo groups is 1. The molecule has 0 bridgehead atoms. The van der Waals surface area contributed by atoms with Crippen molar-refractivity contribution in [2.45, 2.75) is 13.8 Å². The second-order valence-electron chi connectivity index (χ2n) is 6.57. The average Bonchev–Trinajstić information content (AvgIpc) is 3.13. The number of ether oxygens (including phenoxy) is 1. The molecule has 0 fully saturated rings. The lowest BCUT2D eigenvalue weighted by Crippen LogP contribution is -2.22. The summed E-state index contributed by atoms with van der Waals surface area (Å²) in [6.45, 7) is 9.56. The minimum Gasteiger partial charge on any atom is -0.407 e. The molecule has 2 aromatic rings. The van der Waals surface area contributed by atoms with Crippen molar-refractivity contribution in [3.8, 4) is 0 Å². The van der Waals surface area contributed by atoms with Crippen molar-refractivity contribution in [3.63, 3.8) is 0 Å². The van der Waals surface area contributed by atoms with Gasteiger partial charge in [-0.05, 0) is 66.9 Å². The van der Waals surface area contributed by atoms with E-state index in [9.17, 15) is 9.59 Å². The van der Waals surface area contributed by atoms with Gasteiger partial charge in [-0.1, -0.05) is 29.0 Å². The Kier molecular flexibility index (Phi) is 8.03. The van der Waals surface area contributed by atoms with Crippen molar-refractivity contribution in [1.82, 2.24) is 5.17 Å². The molecule has 10 nitrogen and oxygen atoms in total. The SMILES string of the molecule is C=COON1N=C(OC=O)/C(=C/c2ccc(N=Nc3ccc(N(CC)CC)cc3)cc2)C1=O. The highest BCUT2D eigenvalue weighted by molar-refractivity contribution is 6.25. The normalized spacial score (nSPS) is 14.5. The van der Waals surface area contributed by atoms with Crippen LogP contribution in [0.15, 0.2) is 82.3 Å². The van der Waals surface area contributed by atoms with Crippen LogP contribution in [0.1, 0.15) is 19.4 Å². The maximum absolute atomic E-state index is 12.4. The largest absolute Gasteiger partial charge is 0.407 e. The van der Waals surface area contributed by atoms with Crippen LogP contribution in [-0.4, -0.2) is 36.5 Å². The molecule has 0 aliphatic carbocycles. The standard InChI is InChI=1S/C23H23N5O5/c1-4-27(5-2)20-13-11-19(12-14-20)25-24-18-9-7-17(8-10-18)15-21-22(31-16-29)26-28(23(21)30)33-32-6-3/h6-16H,3-5H2,1-2H3/b21-15-,25-24?. The number of rotatable bonds is 10. The predicted octanol–water partition coefficient (Wildman–Crippen LogP) is 4.67. The number of carbonyl (C=O) groups excluding carboxylic acids is 2. The molecule has 0 radical (unpaired) electrons. The smallest absolute Gasteiger partial charge is 0.309 e. The van der Waals surface area contributed by atoms with Crippen LogP contribution in [0.2, 0.25) is 0 Å². The van der Waals surface area contributed by atoms with Crippen molar-refractivity contribution in [2.75, 3.05) is 18.0 Å². The number of anilines is 1.